The fourth-order valence-electron chi connectivity index (χ4n) is 1.66. The van der Waals surface area contributed by atoms with Crippen molar-refractivity contribution in [3.05, 3.63) is 46.0 Å². The SMILES string of the molecule is CCNCc1ccnc(OCCc2cccs2)c1F. The van der Waals surface area contributed by atoms with Crippen molar-refractivity contribution >= 4 is 11.3 Å². The molecule has 19 heavy (non-hydrogen) atoms. The lowest BCUT2D eigenvalue weighted by molar-refractivity contribution is 0.291. The first kappa shape index (κ1) is 14.0. The highest BCUT2D eigenvalue weighted by Gasteiger charge is 2.10. The molecule has 2 aromatic rings. The normalized spacial score (nSPS) is 10.6. The average molecular weight is 280 g/mol. The maximum Gasteiger partial charge on any atom is 0.250 e. The van der Waals surface area contributed by atoms with Gasteiger partial charge in [-0.1, -0.05) is 13.0 Å². The maximum absolute atomic E-state index is 14.0. The Balaban J connectivity index is 1.92. The predicted molar refractivity (Wildman–Crippen MR) is 75.1 cm³/mol. The molecule has 5 heteroatoms. The van der Waals surface area contributed by atoms with Crippen molar-refractivity contribution in [1.29, 1.82) is 0 Å². The highest BCUT2D eigenvalue weighted by atomic mass is 32.1. The van der Waals surface area contributed by atoms with Crippen molar-refractivity contribution in [2.24, 2.45) is 0 Å². The molecule has 0 fully saturated rings. The van der Waals surface area contributed by atoms with Crippen LogP contribution in [0.2, 0.25) is 0 Å². The second-order valence-electron chi connectivity index (χ2n) is 4.05. The molecule has 0 saturated heterocycles. The van der Waals surface area contributed by atoms with Gasteiger partial charge in [-0.15, -0.1) is 11.3 Å². The third-order valence-corrected chi connectivity index (χ3v) is 3.61. The van der Waals surface area contributed by atoms with E-state index in [1.165, 1.54) is 4.88 Å². The summed E-state index contributed by atoms with van der Waals surface area (Å²) in [5, 5.41) is 5.11. The van der Waals surface area contributed by atoms with E-state index in [2.05, 4.69) is 10.3 Å². The monoisotopic (exact) mass is 280 g/mol. The van der Waals surface area contributed by atoms with Gasteiger partial charge in [-0.05, 0) is 24.1 Å². The van der Waals surface area contributed by atoms with Gasteiger partial charge in [0.15, 0.2) is 5.82 Å². The second-order valence-corrected chi connectivity index (χ2v) is 5.08. The lowest BCUT2D eigenvalue weighted by atomic mass is 10.2. The fourth-order valence-corrected chi connectivity index (χ4v) is 2.35. The zero-order valence-electron chi connectivity index (χ0n) is 10.9. The Bertz CT molecular complexity index is 502. The van der Waals surface area contributed by atoms with Crippen LogP contribution < -0.4 is 10.1 Å². The Kier molecular flexibility index (Phi) is 5.30. The van der Waals surface area contributed by atoms with Crippen molar-refractivity contribution in [2.75, 3.05) is 13.2 Å². The quantitative estimate of drug-likeness (QED) is 0.846. The molecule has 0 bridgehead atoms. The van der Waals surface area contributed by atoms with Gasteiger partial charge < -0.3 is 10.1 Å². The molecule has 0 atom stereocenters. The lowest BCUT2D eigenvalue weighted by Gasteiger charge is -2.09. The molecular weight excluding hydrogens is 263 g/mol. The number of rotatable bonds is 7. The standard InChI is InChI=1S/C14H17FN2OS/c1-2-16-10-11-5-7-17-14(13(11)15)18-8-6-12-4-3-9-19-12/h3-5,7,9,16H,2,6,8,10H2,1H3. The van der Waals surface area contributed by atoms with Crippen LogP contribution in [0.15, 0.2) is 29.8 Å². The molecule has 1 N–H and O–H groups in total. The fraction of sp³-hybridized carbons (Fsp3) is 0.357. The Labute approximate surface area is 116 Å². The third kappa shape index (κ3) is 4.01. The largest absolute Gasteiger partial charge is 0.475 e. The first-order valence-electron chi connectivity index (χ1n) is 6.30. The minimum absolute atomic E-state index is 0.0898. The molecule has 0 aliphatic carbocycles. The van der Waals surface area contributed by atoms with E-state index < -0.39 is 0 Å². The van der Waals surface area contributed by atoms with E-state index >= 15 is 0 Å². The van der Waals surface area contributed by atoms with Crippen LogP contribution in [0.3, 0.4) is 0 Å². The number of nitrogens with zero attached hydrogens (tertiary/aromatic N) is 1. The molecule has 0 spiro atoms. The molecule has 0 unspecified atom stereocenters. The topological polar surface area (TPSA) is 34.2 Å². The summed E-state index contributed by atoms with van der Waals surface area (Å²) in [7, 11) is 0. The van der Waals surface area contributed by atoms with Crippen LogP contribution in [-0.4, -0.2) is 18.1 Å². The Hall–Kier alpha value is -1.46. The van der Waals surface area contributed by atoms with E-state index in [1.807, 2.05) is 24.4 Å². The number of hydrogen-bond acceptors (Lipinski definition) is 4. The molecule has 0 amide bonds. The minimum Gasteiger partial charge on any atom is -0.475 e. The Morgan fingerprint density at radius 3 is 3.05 bits per heavy atom. The summed E-state index contributed by atoms with van der Waals surface area (Å²) >= 11 is 1.67. The minimum atomic E-state index is -0.366. The van der Waals surface area contributed by atoms with Gasteiger partial charge in [-0.3, -0.25) is 0 Å². The number of hydrogen-bond donors (Lipinski definition) is 1. The number of aromatic nitrogens is 1. The molecule has 3 nitrogen and oxygen atoms in total. The van der Waals surface area contributed by atoms with Gasteiger partial charge in [-0.25, -0.2) is 9.37 Å². The zero-order chi connectivity index (χ0) is 13.5. The van der Waals surface area contributed by atoms with Crippen molar-refractivity contribution in [3.63, 3.8) is 0 Å². The van der Waals surface area contributed by atoms with E-state index in [9.17, 15) is 4.39 Å². The van der Waals surface area contributed by atoms with E-state index in [0.29, 0.717) is 18.7 Å². The van der Waals surface area contributed by atoms with Gasteiger partial charge in [0.25, 0.3) is 5.88 Å². The van der Waals surface area contributed by atoms with Crippen LogP contribution in [0, 0.1) is 5.82 Å². The molecule has 102 valence electrons. The molecule has 2 aromatic heterocycles. The van der Waals surface area contributed by atoms with Crippen molar-refractivity contribution in [1.82, 2.24) is 10.3 Å². The first-order valence-corrected chi connectivity index (χ1v) is 7.18. The van der Waals surface area contributed by atoms with Crippen LogP contribution in [0.25, 0.3) is 0 Å². The highest BCUT2D eigenvalue weighted by molar-refractivity contribution is 7.09. The molecule has 0 saturated carbocycles. The van der Waals surface area contributed by atoms with Crippen LogP contribution in [0.1, 0.15) is 17.4 Å². The van der Waals surface area contributed by atoms with Gasteiger partial charge >= 0.3 is 0 Å². The van der Waals surface area contributed by atoms with E-state index in [0.717, 1.165) is 13.0 Å². The number of halogens is 1. The Morgan fingerprint density at radius 2 is 2.32 bits per heavy atom. The summed E-state index contributed by atoms with van der Waals surface area (Å²) in [5.74, 6) is -0.276. The molecular formula is C14H17FN2OS. The molecule has 2 rings (SSSR count). The first-order chi connectivity index (χ1) is 9.31. The molecule has 0 aliphatic rings. The smallest absolute Gasteiger partial charge is 0.250 e. The molecule has 0 aliphatic heterocycles. The third-order valence-electron chi connectivity index (χ3n) is 2.67. The van der Waals surface area contributed by atoms with Gasteiger partial charge in [0.2, 0.25) is 0 Å². The summed E-state index contributed by atoms with van der Waals surface area (Å²) in [6.45, 7) is 3.72. The second kappa shape index (κ2) is 7.21. The van der Waals surface area contributed by atoms with E-state index in [-0.39, 0.29) is 11.7 Å². The lowest BCUT2D eigenvalue weighted by Crippen LogP contribution is -2.14. The number of thiophene rings is 1. The Morgan fingerprint density at radius 1 is 1.42 bits per heavy atom. The number of ether oxygens (including phenoxy) is 1. The van der Waals surface area contributed by atoms with Crippen molar-refractivity contribution in [3.8, 4) is 5.88 Å². The maximum atomic E-state index is 14.0. The van der Waals surface area contributed by atoms with E-state index in [1.54, 1.807) is 23.6 Å². The summed E-state index contributed by atoms with van der Waals surface area (Å²) < 4.78 is 19.5. The van der Waals surface area contributed by atoms with Gasteiger partial charge in [0.05, 0.1) is 6.61 Å². The summed E-state index contributed by atoms with van der Waals surface area (Å²) in [5.41, 5.74) is 0.586. The molecule has 0 radical (unpaired) electrons. The summed E-state index contributed by atoms with van der Waals surface area (Å²) in [4.78, 5) is 5.17. The number of nitrogens with one attached hydrogen (secondary N) is 1. The molecule has 0 aromatic carbocycles. The summed E-state index contributed by atoms with van der Waals surface area (Å²) in [6.07, 6.45) is 2.35. The predicted octanol–water partition coefficient (Wildman–Crippen LogP) is 3.01. The summed E-state index contributed by atoms with van der Waals surface area (Å²) in [6, 6.07) is 5.71. The molecule has 2 heterocycles. The average Bonchev–Trinajstić information content (AvgIpc) is 2.92. The van der Waals surface area contributed by atoms with Crippen molar-refractivity contribution in [2.45, 2.75) is 19.9 Å². The zero-order valence-corrected chi connectivity index (χ0v) is 11.7. The van der Waals surface area contributed by atoms with Gasteiger partial charge in [-0.2, -0.15) is 0 Å². The van der Waals surface area contributed by atoms with Gasteiger partial charge in [0.1, 0.15) is 0 Å². The van der Waals surface area contributed by atoms with Crippen molar-refractivity contribution < 1.29 is 9.13 Å². The van der Waals surface area contributed by atoms with Crippen LogP contribution in [-0.2, 0) is 13.0 Å². The number of pyridine rings is 1. The van der Waals surface area contributed by atoms with Crippen LogP contribution >= 0.6 is 11.3 Å². The van der Waals surface area contributed by atoms with Gasteiger partial charge in [0, 0.05) is 29.6 Å². The van der Waals surface area contributed by atoms with Crippen LogP contribution in [0.4, 0.5) is 4.39 Å². The highest BCUT2D eigenvalue weighted by Crippen LogP contribution is 2.18. The van der Waals surface area contributed by atoms with Crippen LogP contribution in [0.5, 0.6) is 5.88 Å². The van der Waals surface area contributed by atoms with E-state index in [4.69, 9.17) is 4.74 Å².